The SMILES string of the molecule is COC(=O)CC1CNc2cccc([N+](=O)[O-])c21. The number of carbonyl (C=O) groups excluding carboxylic acids is 1. The Bertz CT molecular complexity index is 473. The van der Waals surface area contributed by atoms with Crippen molar-refractivity contribution in [1.29, 1.82) is 0 Å². The summed E-state index contributed by atoms with van der Waals surface area (Å²) >= 11 is 0. The lowest BCUT2D eigenvalue weighted by Gasteiger charge is -2.08. The zero-order valence-electron chi connectivity index (χ0n) is 9.30. The zero-order chi connectivity index (χ0) is 12.4. The van der Waals surface area contributed by atoms with Gasteiger partial charge in [-0.1, -0.05) is 6.07 Å². The Balaban J connectivity index is 2.35. The maximum absolute atomic E-state index is 11.2. The van der Waals surface area contributed by atoms with E-state index in [9.17, 15) is 14.9 Å². The molecule has 1 aromatic carbocycles. The first-order valence-corrected chi connectivity index (χ1v) is 5.21. The molecule has 1 unspecified atom stereocenters. The molecule has 0 fully saturated rings. The molecule has 90 valence electrons. The highest BCUT2D eigenvalue weighted by Gasteiger charge is 2.31. The molecule has 0 aromatic heterocycles. The monoisotopic (exact) mass is 236 g/mol. The number of benzene rings is 1. The van der Waals surface area contributed by atoms with E-state index in [4.69, 9.17) is 0 Å². The van der Waals surface area contributed by atoms with Gasteiger partial charge >= 0.3 is 5.97 Å². The van der Waals surface area contributed by atoms with Crippen LogP contribution in [0.5, 0.6) is 0 Å². The number of esters is 1. The Kier molecular flexibility index (Phi) is 2.95. The summed E-state index contributed by atoms with van der Waals surface area (Å²) in [5.41, 5.74) is 1.39. The van der Waals surface area contributed by atoms with Gasteiger partial charge in [0.05, 0.1) is 24.0 Å². The lowest BCUT2D eigenvalue weighted by atomic mass is 9.96. The first kappa shape index (κ1) is 11.4. The van der Waals surface area contributed by atoms with Crippen LogP contribution in [0.25, 0.3) is 0 Å². The summed E-state index contributed by atoms with van der Waals surface area (Å²) in [6, 6.07) is 4.86. The Hall–Kier alpha value is -2.11. The highest BCUT2D eigenvalue weighted by atomic mass is 16.6. The number of nitrogens with one attached hydrogen (secondary N) is 1. The summed E-state index contributed by atoms with van der Waals surface area (Å²) in [7, 11) is 1.31. The number of nitrogens with zero attached hydrogens (tertiary/aromatic N) is 1. The molecule has 1 atom stereocenters. The molecule has 0 bridgehead atoms. The molecule has 0 aliphatic carbocycles. The third-order valence-electron chi connectivity index (χ3n) is 2.87. The van der Waals surface area contributed by atoms with Gasteiger partial charge in [0.25, 0.3) is 5.69 Å². The minimum absolute atomic E-state index is 0.0569. The van der Waals surface area contributed by atoms with Gasteiger partial charge in [-0.3, -0.25) is 14.9 Å². The number of anilines is 1. The molecule has 1 aliphatic rings. The van der Waals surface area contributed by atoms with Crippen molar-refractivity contribution < 1.29 is 14.5 Å². The van der Waals surface area contributed by atoms with Gasteiger partial charge in [-0.15, -0.1) is 0 Å². The second kappa shape index (κ2) is 4.40. The van der Waals surface area contributed by atoms with Crippen LogP contribution in [-0.2, 0) is 9.53 Å². The molecule has 1 N–H and O–H groups in total. The van der Waals surface area contributed by atoms with E-state index in [2.05, 4.69) is 10.1 Å². The minimum Gasteiger partial charge on any atom is -0.469 e. The molecular formula is C11H12N2O4. The van der Waals surface area contributed by atoms with Crippen molar-refractivity contribution in [3.05, 3.63) is 33.9 Å². The fourth-order valence-corrected chi connectivity index (χ4v) is 2.09. The second-order valence-corrected chi connectivity index (χ2v) is 3.85. The number of rotatable bonds is 3. The molecule has 17 heavy (non-hydrogen) atoms. The maximum Gasteiger partial charge on any atom is 0.306 e. The first-order chi connectivity index (χ1) is 8.13. The van der Waals surface area contributed by atoms with Crippen molar-refractivity contribution in [2.45, 2.75) is 12.3 Å². The molecule has 1 aromatic rings. The van der Waals surface area contributed by atoms with E-state index in [1.165, 1.54) is 13.2 Å². The molecule has 0 saturated heterocycles. The Labute approximate surface area is 97.7 Å². The zero-order valence-corrected chi connectivity index (χ0v) is 9.30. The molecule has 6 heteroatoms. The predicted octanol–water partition coefficient (Wildman–Crippen LogP) is 1.67. The normalized spacial score (nSPS) is 17.1. The minimum atomic E-state index is -0.421. The van der Waals surface area contributed by atoms with Gasteiger partial charge in [0, 0.05) is 24.2 Å². The van der Waals surface area contributed by atoms with Crippen molar-refractivity contribution in [3.8, 4) is 0 Å². The van der Waals surface area contributed by atoms with Crippen LogP contribution in [0.4, 0.5) is 11.4 Å². The molecule has 6 nitrogen and oxygen atoms in total. The first-order valence-electron chi connectivity index (χ1n) is 5.21. The summed E-state index contributed by atoms with van der Waals surface area (Å²) in [5.74, 6) is -0.554. The van der Waals surface area contributed by atoms with E-state index in [0.717, 1.165) is 5.69 Å². The predicted molar refractivity (Wildman–Crippen MR) is 61.0 cm³/mol. The van der Waals surface area contributed by atoms with Crippen molar-refractivity contribution in [2.75, 3.05) is 19.0 Å². The standard InChI is InChI=1S/C11H12N2O4/c1-17-10(14)5-7-6-12-8-3-2-4-9(11(7)8)13(15)16/h2-4,7,12H,5-6H2,1H3. The molecule has 0 spiro atoms. The largest absolute Gasteiger partial charge is 0.469 e. The van der Waals surface area contributed by atoms with Gasteiger partial charge in [-0.25, -0.2) is 0 Å². The lowest BCUT2D eigenvalue weighted by molar-refractivity contribution is -0.385. The molecule has 0 radical (unpaired) electrons. The van der Waals surface area contributed by atoms with E-state index in [1.54, 1.807) is 12.1 Å². The number of ether oxygens (including phenoxy) is 1. The topological polar surface area (TPSA) is 81.5 Å². The van der Waals surface area contributed by atoms with E-state index in [0.29, 0.717) is 12.1 Å². The summed E-state index contributed by atoms with van der Waals surface area (Å²) < 4.78 is 4.59. The van der Waals surface area contributed by atoms with Crippen LogP contribution in [0.2, 0.25) is 0 Å². The van der Waals surface area contributed by atoms with E-state index >= 15 is 0 Å². The van der Waals surface area contributed by atoms with E-state index in [1.807, 2.05) is 0 Å². The Morgan fingerprint density at radius 1 is 1.65 bits per heavy atom. The van der Waals surface area contributed by atoms with Crippen LogP contribution < -0.4 is 5.32 Å². The molecule has 1 aliphatic heterocycles. The Morgan fingerprint density at radius 3 is 3.06 bits per heavy atom. The van der Waals surface area contributed by atoms with Crippen molar-refractivity contribution in [3.63, 3.8) is 0 Å². The summed E-state index contributed by atoms with van der Waals surface area (Å²) in [4.78, 5) is 21.7. The van der Waals surface area contributed by atoms with Crippen LogP contribution in [0.3, 0.4) is 0 Å². The number of hydrogen-bond donors (Lipinski definition) is 1. The molecule has 2 rings (SSSR count). The quantitative estimate of drug-likeness (QED) is 0.490. The van der Waals surface area contributed by atoms with Crippen LogP contribution in [0, 0.1) is 10.1 Å². The summed E-state index contributed by atoms with van der Waals surface area (Å²) in [6.07, 6.45) is 0.154. The van der Waals surface area contributed by atoms with Gasteiger partial charge in [0.1, 0.15) is 0 Å². The Morgan fingerprint density at radius 2 is 2.41 bits per heavy atom. The third kappa shape index (κ3) is 2.06. The van der Waals surface area contributed by atoms with Gasteiger partial charge in [-0.2, -0.15) is 0 Å². The fourth-order valence-electron chi connectivity index (χ4n) is 2.09. The smallest absolute Gasteiger partial charge is 0.306 e. The van der Waals surface area contributed by atoms with E-state index in [-0.39, 0.29) is 24.0 Å². The second-order valence-electron chi connectivity index (χ2n) is 3.85. The fraction of sp³-hybridized carbons (Fsp3) is 0.364. The average Bonchev–Trinajstić information content (AvgIpc) is 2.72. The highest BCUT2D eigenvalue weighted by molar-refractivity contribution is 5.74. The summed E-state index contributed by atoms with van der Waals surface area (Å²) in [6.45, 7) is 0.523. The van der Waals surface area contributed by atoms with Crippen molar-refractivity contribution in [1.82, 2.24) is 0 Å². The average molecular weight is 236 g/mol. The highest BCUT2D eigenvalue weighted by Crippen LogP contribution is 2.39. The van der Waals surface area contributed by atoms with Crippen LogP contribution in [0.1, 0.15) is 17.9 Å². The molecular weight excluding hydrogens is 224 g/mol. The molecule has 1 heterocycles. The van der Waals surface area contributed by atoms with Gasteiger partial charge in [0.2, 0.25) is 0 Å². The maximum atomic E-state index is 11.2. The lowest BCUT2D eigenvalue weighted by Crippen LogP contribution is -2.11. The molecule has 0 saturated carbocycles. The van der Waals surface area contributed by atoms with Gasteiger partial charge in [-0.05, 0) is 6.07 Å². The number of nitro benzene ring substituents is 1. The number of nitro groups is 1. The van der Waals surface area contributed by atoms with E-state index < -0.39 is 4.92 Å². The number of carbonyl (C=O) groups is 1. The third-order valence-corrected chi connectivity index (χ3v) is 2.87. The van der Waals surface area contributed by atoms with Crippen molar-refractivity contribution >= 4 is 17.3 Å². The van der Waals surface area contributed by atoms with Crippen LogP contribution in [-0.4, -0.2) is 24.5 Å². The number of hydrogen-bond acceptors (Lipinski definition) is 5. The van der Waals surface area contributed by atoms with Gasteiger partial charge in [0.15, 0.2) is 0 Å². The molecule has 0 amide bonds. The van der Waals surface area contributed by atoms with Crippen LogP contribution in [0.15, 0.2) is 18.2 Å². The van der Waals surface area contributed by atoms with Gasteiger partial charge < -0.3 is 10.1 Å². The van der Waals surface area contributed by atoms with Crippen LogP contribution >= 0.6 is 0 Å². The number of methoxy groups -OCH3 is 1. The number of fused-ring (bicyclic) bond motifs is 1. The summed E-state index contributed by atoms with van der Waals surface area (Å²) in [5, 5.41) is 14.0. The van der Waals surface area contributed by atoms with Crippen molar-refractivity contribution in [2.24, 2.45) is 0 Å².